The minimum atomic E-state index is 0.0999. The van der Waals surface area contributed by atoms with E-state index in [4.69, 9.17) is 21.3 Å². The second kappa shape index (κ2) is 8.40. The molecule has 0 saturated carbocycles. The van der Waals surface area contributed by atoms with Crippen LogP contribution in [0.25, 0.3) is 22.0 Å². The Morgan fingerprint density at radius 3 is 2.60 bits per heavy atom. The summed E-state index contributed by atoms with van der Waals surface area (Å²) in [6.45, 7) is 2.49. The lowest BCUT2D eigenvalue weighted by Gasteiger charge is -2.24. The molecule has 1 atom stereocenters. The monoisotopic (exact) mass is 416 g/mol. The van der Waals surface area contributed by atoms with E-state index < -0.39 is 0 Å². The Morgan fingerprint density at radius 1 is 0.967 bits per heavy atom. The molecule has 0 radical (unpaired) electrons. The normalized spacial score (nSPS) is 16.5. The van der Waals surface area contributed by atoms with Crippen molar-refractivity contribution >= 4 is 34.1 Å². The summed E-state index contributed by atoms with van der Waals surface area (Å²) in [5.74, 6) is 0.547. The molecule has 4 aromatic rings. The molecule has 30 heavy (non-hydrogen) atoms. The van der Waals surface area contributed by atoms with Gasteiger partial charge in [-0.05, 0) is 23.8 Å². The van der Waals surface area contributed by atoms with Crippen molar-refractivity contribution in [3.05, 3.63) is 83.5 Å². The number of nitrogens with one attached hydrogen (secondary N) is 2. The van der Waals surface area contributed by atoms with Crippen LogP contribution in [0.15, 0.2) is 72.9 Å². The number of para-hydroxylation sites is 1. The Morgan fingerprint density at radius 2 is 1.80 bits per heavy atom. The second-order valence-corrected chi connectivity index (χ2v) is 7.63. The zero-order chi connectivity index (χ0) is 20.3. The van der Waals surface area contributed by atoms with Gasteiger partial charge in [-0.3, -0.25) is 0 Å². The molecule has 1 aliphatic rings. The molecule has 0 aliphatic carbocycles. The van der Waals surface area contributed by atoms with E-state index in [1.807, 2.05) is 60.8 Å². The lowest BCUT2D eigenvalue weighted by atomic mass is 10.0. The van der Waals surface area contributed by atoms with Crippen LogP contribution in [0.4, 0.5) is 11.6 Å². The SMILES string of the molecule is Clc1ccccc1-c1cccc2cnc(Nc3ccc(C4CNCCO4)cc3)nc12. The first-order chi connectivity index (χ1) is 14.8. The van der Waals surface area contributed by atoms with Gasteiger partial charge in [-0.1, -0.05) is 60.1 Å². The van der Waals surface area contributed by atoms with Crippen LogP contribution >= 0.6 is 11.6 Å². The summed E-state index contributed by atoms with van der Waals surface area (Å²) in [5.41, 5.74) is 4.90. The van der Waals surface area contributed by atoms with Gasteiger partial charge in [0.05, 0.1) is 18.2 Å². The van der Waals surface area contributed by atoms with Gasteiger partial charge < -0.3 is 15.4 Å². The van der Waals surface area contributed by atoms with E-state index >= 15 is 0 Å². The van der Waals surface area contributed by atoms with Gasteiger partial charge in [0.25, 0.3) is 0 Å². The molecular weight excluding hydrogens is 396 g/mol. The first-order valence-electron chi connectivity index (χ1n) is 9.98. The quantitative estimate of drug-likeness (QED) is 0.469. The maximum Gasteiger partial charge on any atom is 0.227 e. The molecule has 1 unspecified atom stereocenters. The standard InChI is InChI=1S/C24H21ClN4O/c25-21-7-2-1-5-19(21)20-6-3-4-17-14-27-24(29-23(17)20)28-18-10-8-16(9-11-18)22-15-26-12-13-30-22/h1-11,14,22,26H,12-13,15H2,(H,27,28,29). The van der Waals surface area contributed by atoms with Gasteiger partial charge in [0.15, 0.2) is 0 Å². The van der Waals surface area contributed by atoms with Crippen molar-refractivity contribution in [2.24, 2.45) is 0 Å². The molecule has 6 heteroatoms. The minimum Gasteiger partial charge on any atom is -0.371 e. The largest absolute Gasteiger partial charge is 0.371 e. The summed E-state index contributed by atoms with van der Waals surface area (Å²) < 4.78 is 5.82. The van der Waals surface area contributed by atoms with E-state index in [1.54, 1.807) is 0 Å². The molecule has 5 rings (SSSR count). The average molecular weight is 417 g/mol. The molecule has 1 aromatic heterocycles. The summed E-state index contributed by atoms with van der Waals surface area (Å²) >= 11 is 6.43. The topological polar surface area (TPSA) is 59.1 Å². The average Bonchev–Trinajstić information content (AvgIpc) is 2.80. The summed E-state index contributed by atoms with van der Waals surface area (Å²) in [6.07, 6.45) is 1.93. The highest BCUT2D eigenvalue weighted by molar-refractivity contribution is 6.33. The highest BCUT2D eigenvalue weighted by atomic mass is 35.5. The van der Waals surface area contributed by atoms with Crippen molar-refractivity contribution in [3.8, 4) is 11.1 Å². The van der Waals surface area contributed by atoms with E-state index in [1.165, 1.54) is 0 Å². The summed E-state index contributed by atoms with van der Waals surface area (Å²) in [7, 11) is 0. The Labute approximate surface area is 180 Å². The molecular formula is C24H21ClN4O. The van der Waals surface area contributed by atoms with Crippen LogP contribution in [0.2, 0.25) is 5.02 Å². The number of fused-ring (bicyclic) bond motifs is 1. The van der Waals surface area contributed by atoms with Gasteiger partial charge in [0.2, 0.25) is 5.95 Å². The van der Waals surface area contributed by atoms with Crippen molar-refractivity contribution in [1.82, 2.24) is 15.3 Å². The third-order valence-corrected chi connectivity index (χ3v) is 5.57. The van der Waals surface area contributed by atoms with Gasteiger partial charge in [-0.15, -0.1) is 0 Å². The molecule has 2 heterocycles. The summed E-state index contributed by atoms with van der Waals surface area (Å²) in [6, 6.07) is 22.1. The van der Waals surface area contributed by atoms with Gasteiger partial charge in [0.1, 0.15) is 0 Å². The lowest BCUT2D eigenvalue weighted by Crippen LogP contribution is -2.33. The maximum absolute atomic E-state index is 6.43. The molecule has 2 N–H and O–H groups in total. The highest BCUT2D eigenvalue weighted by Gasteiger charge is 2.15. The van der Waals surface area contributed by atoms with Crippen molar-refractivity contribution in [1.29, 1.82) is 0 Å². The first-order valence-corrected chi connectivity index (χ1v) is 10.4. The van der Waals surface area contributed by atoms with Crippen molar-refractivity contribution in [3.63, 3.8) is 0 Å². The molecule has 1 saturated heterocycles. The number of anilines is 2. The number of hydrogen-bond donors (Lipinski definition) is 2. The second-order valence-electron chi connectivity index (χ2n) is 7.23. The molecule has 1 fully saturated rings. The van der Waals surface area contributed by atoms with Crippen molar-refractivity contribution in [2.45, 2.75) is 6.10 Å². The van der Waals surface area contributed by atoms with E-state index in [0.29, 0.717) is 11.0 Å². The lowest BCUT2D eigenvalue weighted by molar-refractivity contribution is 0.0277. The minimum absolute atomic E-state index is 0.0999. The maximum atomic E-state index is 6.43. The molecule has 0 bridgehead atoms. The van der Waals surface area contributed by atoms with Crippen LogP contribution in [0, 0.1) is 0 Å². The number of hydrogen-bond acceptors (Lipinski definition) is 5. The Kier molecular flexibility index (Phi) is 5.32. The van der Waals surface area contributed by atoms with E-state index in [9.17, 15) is 0 Å². The molecule has 0 amide bonds. The zero-order valence-electron chi connectivity index (χ0n) is 16.3. The fourth-order valence-corrected chi connectivity index (χ4v) is 3.94. The number of ether oxygens (including phenoxy) is 1. The van der Waals surface area contributed by atoms with Crippen LogP contribution in [0.3, 0.4) is 0 Å². The smallest absolute Gasteiger partial charge is 0.227 e. The third-order valence-electron chi connectivity index (χ3n) is 5.24. The molecule has 1 aliphatic heterocycles. The van der Waals surface area contributed by atoms with Crippen molar-refractivity contribution in [2.75, 3.05) is 25.0 Å². The van der Waals surface area contributed by atoms with E-state index in [-0.39, 0.29) is 6.10 Å². The zero-order valence-corrected chi connectivity index (χ0v) is 17.1. The predicted octanol–water partition coefficient (Wildman–Crippen LogP) is 5.35. The molecule has 5 nitrogen and oxygen atoms in total. The molecule has 3 aromatic carbocycles. The van der Waals surface area contributed by atoms with Crippen LogP contribution in [-0.4, -0.2) is 29.7 Å². The van der Waals surface area contributed by atoms with Gasteiger partial charge >= 0.3 is 0 Å². The third kappa shape index (κ3) is 3.87. The van der Waals surface area contributed by atoms with Crippen molar-refractivity contribution < 1.29 is 4.74 Å². The van der Waals surface area contributed by atoms with Crippen LogP contribution < -0.4 is 10.6 Å². The Bertz CT molecular complexity index is 1170. The van der Waals surface area contributed by atoms with Crippen LogP contribution in [-0.2, 0) is 4.74 Å². The van der Waals surface area contributed by atoms with Crippen LogP contribution in [0.5, 0.6) is 0 Å². The Hall–Kier alpha value is -2.99. The summed E-state index contributed by atoms with van der Waals surface area (Å²) in [5, 5.41) is 8.34. The number of morpholine rings is 1. The predicted molar refractivity (Wildman–Crippen MR) is 121 cm³/mol. The molecule has 0 spiro atoms. The van der Waals surface area contributed by atoms with Crippen LogP contribution in [0.1, 0.15) is 11.7 Å². The number of benzene rings is 3. The molecule has 150 valence electrons. The number of halogens is 1. The first kappa shape index (κ1) is 19.0. The number of rotatable bonds is 4. The van der Waals surface area contributed by atoms with Gasteiger partial charge in [-0.25, -0.2) is 9.97 Å². The van der Waals surface area contributed by atoms with E-state index in [2.05, 4.69) is 27.8 Å². The Balaban J connectivity index is 1.44. The van der Waals surface area contributed by atoms with Gasteiger partial charge in [0, 0.05) is 46.5 Å². The fourth-order valence-electron chi connectivity index (χ4n) is 3.70. The van der Waals surface area contributed by atoms with E-state index in [0.717, 1.165) is 53.0 Å². The number of nitrogens with zero attached hydrogens (tertiary/aromatic N) is 2. The highest BCUT2D eigenvalue weighted by Crippen LogP contribution is 2.33. The number of aromatic nitrogens is 2. The summed E-state index contributed by atoms with van der Waals surface area (Å²) in [4.78, 5) is 9.27. The van der Waals surface area contributed by atoms with Gasteiger partial charge in [-0.2, -0.15) is 0 Å². The fraction of sp³-hybridized carbons (Fsp3) is 0.167.